The van der Waals surface area contributed by atoms with Crippen molar-refractivity contribution in [2.75, 3.05) is 0 Å². The third-order valence-electron chi connectivity index (χ3n) is 7.70. The summed E-state index contributed by atoms with van der Waals surface area (Å²) in [6, 6.07) is 3.51. The van der Waals surface area contributed by atoms with Crippen molar-refractivity contribution in [2.45, 2.75) is 64.3 Å². The van der Waals surface area contributed by atoms with Crippen molar-refractivity contribution in [3.63, 3.8) is 0 Å². The van der Waals surface area contributed by atoms with Gasteiger partial charge in [0.1, 0.15) is 11.6 Å². The summed E-state index contributed by atoms with van der Waals surface area (Å²) in [7, 11) is 0. The molecule has 1 atom stereocenters. The van der Waals surface area contributed by atoms with Crippen LogP contribution in [0.25, 0.3) is 11.3 Å². The van der Waals surface area contributed by atoms with Gasteiger partial charge >= 0.3 is 0 Å². The van der Waals surface area contributed by atoms with Crippen molar-refractivity contribution in [3.05, 3.63) is 41.9 Å². The van der Waals surface area contributed by atoms with E-state index in [0.29, 0.717) is 12.3 Å². The van der Waals surface area contributed by atoms with E-state index in [1.807, 2.05) is 0 Å². The second-order valence-electron chi connectivity index (χ2n) is 9.81. The van der Waals surface area contributed by atoms with E-state index in [0.717, 1.165) is 23.8 Å². The molecular formula is C24H28F2N2O2. The third-order valence-corrected chi connectivity index (χ3v) is 7.70. The Bertz CT molecular complexity index is 919. The summed E-state index contributed by atoms with van der Waals surface area (Å²) in [6.45, 7) is 2.17. The first-order valence-corrected chi connectivity index (χ1v) is 11.1. The Kier molecular flexibility index (Phi) is 4.91. The van der Waals surface area contributed by atoms with E-state index in [-0.39, 0.29) is 35.1 Å². The molecule has 1 aromatic heterocycles. The maximum absolute atomic E-state index is 13.9. The SMILES string of the molecule is CC(NC(=O)CCc1ncc(-c2ccc(F)cc2F)o1)C12CC3CC(CC(C3)C1)C2. The first-order valence-electron chi connectivity index (χ1n) is 11.1. The second-order valence-corrected chi connectivity index (χ2v) is 9.81. The van der Waals surface area contributed by atoms with Gasteiger partial charge in [-0.2, -0.15) is 0 Å². The molecule has 1 heterocycles. The summed E-state index contributed by atoms with van der Waals surface area (Å²) >= 11 is 0. The van der Waals surface area contributed by atoms with Crippen LogP contribution < -0.4 is 5.32 Å². The molecule has 4 nitrogen and oxygen atoms in total. The number of carbonyl (C=O) groups is 1. The van der Waals surface area contributed by atoms with Crippen LogP contribution in [0.15, 0.2) is 28.8 Å². The molecule has 4 aliphatic rings. The molecule has 4 fully saturated rings. The fourth-order valence-electron chi connectivity index (χ4n) is 6.63. The molecule has 6 heteroatoms. The number of amides is 1. The van der Waals surface area contributed by atoms with Gasteiger partial charge in [-0.15, -0.1) is 0 Å². The largest absolute Gasteiger partial charge is 0.441 e. The van der Waals surface area contributed by atoms with Crippen LogP contribution in [0.5, 0.6) is 0 Å². The van der Waals surface area contributed by atoms with Crippen LogP contribution >= 0.6 is 0 Å². The number of aromatic nitrogens is 1. The number of rotatable bonds is 6. The normalized spacial score (nSPS) is 30.4. The zero-order valence-corrected chi connectivity index (χ0v) is 17.3. The van der Waals surface area contributed by atoms with Gasteiger partial charge < -0.3 is 9.73 Å². The highest BCUT2D eigenvalue weighted by molar-refractivity contribution is 5.76. The van der Waals surface area contributed by atoms with E-state index >= 15 is 0 Å². The molecular weight excluding hydrogens is 386 g/mol. The number of halogens is 2. The Morgan fingerprint density at radius 3 is 2.50 bits per heavy atom. The van der Waals surface area contributed by atoms with Gasteiger partial charge in [0.05, 0.1) is 11.8 Å². The number of nitrogens with zero attached hydrogens (tertiary/aromatic N) is 1. The molecule has 4 aliphatic carbocycles. The van der Waals surface area contributed by atoms with Gasteiger partial charge in [-0.05, 0) is 80.8 Å². The fourth-order valence-corrected chi connectivity index (χ4v) is 6.63. The van der Waals surface area contributed by atoms with Gasteiger partial charge in [0, 0.05) is 24.9 Å². The Hall–Kier alpha value is -2.24. The number of hydrogen-bond donors (Lipinski definition) is 1. The minimum absolute atomic E-state index is 0.00552. The van der Waals surface area contributed by atoms with Crippen molar-refractivity contribution in [2.24, 2.45) is 23.2 Å². The Balaban J connectivity index is 1.18. The molecule has 2 aromatic rings. The highest BCUT2D eigenvalue weighted by atomic mass is 19.1. The van der Waals surface area contributed by atoms with Crippen molar-refractivity contribution < 1.29 is 18.0 Å². The van der Waals surface area contributed by atoms with Crippen LogP contribution in [-0.2, 0) is 11.2 Å². The zero-order valence-electron chi connectivity index (χ0n) is 17.3. The van der Waals surface area contributed by atoms with E-state index < -0.39 is 11.6 Å². The first kappa shape index (κ1) is 19.7. The van der Waals surface area contributed by atoms with Crippen molar-refractivity contribution in [1.82, 2.24) is 10.3 Å². The lowest BCUT2D eigenvalue weighted by Gasteiger charge is -2.59. The molecule has 0 aliphatic heterocycles. The van der Waals surface area contributed by atoms with Crippen LogP contribution in [-0.4, -0.2) is 16.9 Å². The third kappa shape index (κ3) is 3.65. The van der Waals surface area contributed by atoms with E-state index in [1.165, 1.54) is 56.9 Å². The maximum atomic E-state index is 13.9. The van der Waals surface area contributed by atoms with Gasteiger partial charge in [0.25, 0.3) is 0 Å². The van der Waals surface area contributed by atoms with Gasteiger partial charge in [-0.25, -0.2) is 13.8 Å². The van der Waals surface area contributed by atoms with Crippen molar-refractivity contribution >= 4 is 5.91 Å². The van der Waals surface area contributed by atoms with Crippen LogP contribution in [0.1, 0.15) is 57.8 Å². The quantitative estimate of drug-likeness (QED) is 0.700. The molecule has 6 rings (SSSR count). The summed E-state index contributed by atoms with van der Waals surface area (Å²) in [6.07, 6.45) is 9.99. The number of nitrogens with one attached hydrogen (secondary N) is 1. The highest BCUT2D eigenvalue weighted by Gasteiger charge is 2.53. The van der Waals surface area contributed by atoms with Gasteiger partial charge in [-0.3, -0.25) is 4.79 Å². The van der Waals surface area contributed by atoms with Gasteiger partial charge in [0.2, 0.25) is 5.91 Å². The topological polar surface area (TPSA) is 55.1 Å². The Morgan fingerprint density at radius 1 is 1.20 bits per heavy atom. The van der Waals surface area contributed by atoms with E-state index in [4.69, 9.17) is 4.42 Å². The lowest BCUT2D eigenvalue weighted by molar-refractivity contribution is -0.125. The van der Waals surface area contributed by atoms with E-state index in [1.54, 1.807) is 0 Å². The number of aryl methyl sites for hydroxylation is 1. The summed E-state index contributed by atoms with van der Waals surface area (Å²) < 4.78 is 32.6. The lowest BCUT2D eigenvalue weighted by atomic mass is 9.48. The molecule has 160 valence electrons. The second kappa shape index (κ2) is 7.47. The van der Waals surface area contributed by atoms with Gasteiger partial charge in [0.15, 0.2) is 11.7 Å². The van der Waals surface area contributed by atoms with Gasteiger partial charge in [-0.1, -0.05) is 0 Å². The number of benzene rings is 1. The molecule has 4 bridgehead atoms. The average molecular weight is 414 g/mol. The van der Waals surface area contributed by atoms with Crippen LogP contribution in [0.4, 0.5) is 8.78 Å². The zero-order chi connectivity index (χ0) is 20.9. The Morgan fingerprint density at radius 2 is 1.87 bits per heavy atom. The number of carbonyl (C=O) groups excluding carboxylic acids is 1. The summed E-state index contributed by atoms with van der Waals surface area (Å²) in [5.74, 6) is 1.86. The molecule has 1 aromatic carbocycles. The van der Waals surface area contributed by atoms with E-state index in [2.05, 4.69) is 17.2 Å². The van der Waals surface area contributed by atoms with Crippen LogP contribution in [0.3, 0.4) is 0 Å². The highest BCUT2D eigenvalue weighted by Crippen LogP contribution is 2.61. The Labute approximate surface area is 175 Å². The van der Waals surface area contributed by atoms with Crippen molar-refractivity contribution in [1.29, 1.82) is 0 Å². The monoisotopic (exact) mass is 414 g/mol. The predicted octanol–water partition coefficient (Wildman–Crippen LogP) is 5.27. The van der Waals surface area contributed by atoms with E-state index in [9.17, 15) is 13.6 Å². The minimum Gasteiger partial charge on any atom is -0.441 e. The van der Waals surface area contributed by atoms with Crippen LogP contribution in [0, 0.1) is 34.8 Å². The van der Waals surface area contributed by atoms with Crippen molar-refractivity contribution in [3.8, 4) is 11.3 Å². The molecule has 0 radical (unpaired) electrons. The molecule has 4 saturated carbocycles. The predicted molar refractivity (Wildman–Crippen MR) is 108 cm³/mol. The van der Waals surface area contributed by atoms with Crippen LogP contribution in [0.2, 0.25) is 0 Å². The molecule has 0 saturated heterocycles. The molecule has 0 spiro atoms. The molecule has 1 unspecified atom stereocenters. The number of oxazole rings is 1. The summed E-state index contributed by atoms with van der Waals surface area (Å²) in [5.41, 5.74) is 0.440. The average Bonchev–Trinajstić information content (AvgIpc) is 3.14. The minimum atomic E-state index is -0.695. The maximum Gasteiger partial charge on any atom is 0.220 e. The fraction of sp³-hybridized carbons (Fsp3) is 0.583. The first-order chi connectivity index (χ1) is 14.4. The summed E-state index contributed by atoms with van der Waals surface area (Å²) in [5, 5.41) is 3.25. The summed E-state index contributed by atoms with van der Waals surface area (Å²) in [4.78, 5) is 16.8. The molecule has 1 amide bonds. The molecule has 30 heavy (non-hydrogen) atoms. The molecule has 1 N–H and O–H groups in total. The smallest absolute Gasteiger partial charge is 0.220 e. The standard InChI is InChI=1S/C24H28F2N2O2/c1-14(24-10-15-6-16(11-24)8-17(7-15)12-24)28-22(29)4-5-23-27-13-21(30-23)19-3-2-18(25)9-20(19)26/h2-3,9,13-17H,4-8,10-12H2,1H3,(H,28,29). The lowest BCUT2D eigenvalue weighted by Crippen LogP contribution is -2.55. The number of hydrogen-bond acceptors (Lipinski definition) is 3.